The summed E-state index contributed by atoms with van der Waals surface area (Å²) in [6.07, 6.45) is 0.689. The number of hydrogen-bond acceptors (Lipinski definition) is 5. The molecule has 2 fully saturated rings. The van der Waals surface area contributed by atoms with Crippen LogP contribution in [0.4, 0.5) is 0 Å². The maximum atomic E-state index is 11.7. The molecule has 0 aromatic carbocycles. The third kappa shape index (κ3) is 3.16. The highest BCUT2D eigenvalue weighted by Gasteiger charge is 2.39. The fourth-order valence-corrected chi connectivity index (χ4v) is 2.43. The van der Waals surface area contributed by atoms with Gasteiger partial charge in [-0.3, -0.25) is 19.3 Å². The van der Waals surface area contributed by atoms with Gasteiger partial charge in [0.1, 0.15) is 5.60 Å². The molecule has 2 atom stereocenters. The Kier molecular flexibility index (Phi) is 4.39. The van der Waals surface area contributed by atoms with Gasteiger partial charge >= 0.3 is 0 Å². The molecule has 0 bridgehead atoms. The highest BCUT2D eigenvalue weighted by Crippen LogP contribution is 2.24. The summed E-state index contributed by atoms with van der Waals surface area (Å²) in [5, 5.41) is 12.8. The van der Waals surface area contributed by atoms with Crippen LogP contribution in [0.5, 0.6) is 0 Å². The Morgan fingerprint density at radius 3 is 2.65 bits per heavy atom. The Morgan fingerprint density at radius 2 is 2.10 bits per heavy atom. The van der Waals surface area contributed by atoms with Crippen LogP contribution in [0, 0.1) is 0 Å². The fourth-order valence-electron chi connectivity index (χ4n) is 2.43. The van der Waals surface area contributed by atoms with Gasteiger partial charge in [0.25, 0.3) is 0 Å². The van der Waals surface area contributed by atoms with Crippen molar-refractivity contribution >= 4 is 17.7 Å². The van der Waals surface area contributed by atoms with Crippen LogP contribution < -0.4 is 5.32 Å². The van der Waals surface area contributed by atoms with E-state index in [1.165, 1.54) is 0 Å². The standard InChI is InChI=1S/C13H20N2O5/c1-9-13(19,5-7-20-9)8-14-10(16)4-6-15-11(17)2-3-12(15)18/h9,19H,2-8H2,1H3,(H,14,16). The number of aliphatic hydroxyl groups is 1. The number of amides is 3. The van der Waals surface area contributed by atoms with E-state index in [0.29, 0.717) is 13.0 Å². The smallest absolute Gasteiger partial charge is 0.229 e. The molecule has 0 aromatic rings. The van der Waals surface area contributed by atoms with Crippen molar-refractivity contribution in [3.63, 3.8) is 0 Å². The van der Waals surface area contributed by atoms with E-state index in [9.17, 15) is 19.5 Å². The monoisotopic (exact) mass is 284 g/mol. The van der Waals surface area contributed by atoms with Crippen LogP contribution in [0.1, 0.15) is 32.6 Å². The Bertz CT molecular complexity index is 409. The molecule has 2 aliphatic rings. The van der Waals surface area contributed by atoms with Gasteiger partial charge in [0.2, 0.25) is 17.7 Å². The van der Waals surface area contributed by atoms with Gasteiger partial charge in [-0.2, -0.15) is 0 Å². The molecule has 0 saturated carbocycles. The topological polar surface area (TPSA) is 95.9 Å². The third-order valence-electron chi connectivity index (χ3n) is 3.97. The average Bonchev–Trinajstić information content (AvgIpc) is 2.90. The molecule has 0 aromatic heterocycles. The first-order valence-corrected chi connectivity index (χ1v) is 6.86. The quantitative estimate of drug-likeness (QED) is 0.643. The van der Waals surface area contributed by atoms with Crippen LogP contribution in [0.15, 0.2) is 0 Å². The number of rotatable bonds is 5. The lowest BCUT2D eigenvalue weighted by Crippen LogP contribution is -2.48. The largest absolute Gasteiger partial charge is 0.385 e. The molecule has 3 amide bonds. The number of likely N-dealkylation sites (tertiary alicyclic amines) is 1. The van der Waals surface area contributed by atoms with Crippen LogP contribution in [-0.2, 0) is 19.1 Å². The molecule has 0 spiro atoms. The Morgan fingerprint density at radius 1 is 1.45 bits per heavy atom. The highest BCUT2D eigenvalue weighted by molar-refractivity contribution is 6.02. The van der Waals surface area contributed by atoms with Gasteiger partial charge in [-0.25, -0.2) is 0 Å². The van der Waals surface area contributed by atoms with Crippen LogP contribution in [0.25, 0.3) is 0 Å². The van der Waals surface area contributed by atoms with Gasteiger partial charge in [-0.15, -0.1) is 0 Å². The van der Waals surface area contributed by atoms with Crippen molar-refractivity contribution in [1.29, 1.82) is 0 Å². The van der Waals surface area contributed by atoms with Gasteiger partial charge in [0.15, 0.2) is 0 Å². The number of nitrogens with zero attached hydrogens (tertiary/aromatic N) is 1. The van der Waals surface area contributed by atoms with E-state index in [4.69, 9.17) is 4.74 Å². The molecule has 2 saturated heterocycles. The van der Waals surface area contributed by atoms with E-state index in [0.717, 1.165) is 4.90 Å². The van der Waals surface area contributed by atoms with Gasteiger partial charge < -0.3 is 15.2 Å². The second-order valence-electron chi connectivity index (χ2n) is 5.33. The molecule has 2 aliphatic heterocycles. The van der Waals surface area contributed by atoms with Crippen molar-refractivity contribution < 1.29 is 24.2 Å². The lowest BCUT2D eigenvalue weighted by atomic mass is 9.97. The zero-order valence-electron chi connectivity index (χ0n) is 11.6. The molecule has 7 nitrogen and oxygen atoms in total. The number of imide groups is 1. The summed E-state index contributed by atoms with van der Waals surface area (Å²) in [5.41, 5.74) is -1.03. The summed E-state index contributed by atoms with van der Waals surface area (Å²) in [7, 11) is 0. The zero-order chi connectivity index (χ0) is 14.8. The molecule has 2 unspecified atom stereocenters. The summed E-state index contributed by atoms with van der Waals surface area (Å²) in [6.45, 7) is 2.47. The van der Waals surface area contributed by atoms with Crippen LogP contribution >= 0.6 is 0 Å². The summed E-state index contributed by atoms with van der Waals surface area (Å²) < 4.78 is 5.27. The Labute approximate surface area is 117 Å². The number of hydrogen-bond donors (Lipinski definition) is 2. The SMILES string of the molecule is CC1OCCC1(O)CNC(=O)CCN1C(=O)CCC1=O. The van der Waals surface area contributed by atoms with E-state index >= 15 is 0 Å². The second-order valence-corrected chi connectivity index (χ2v) is 5.33. The number of carbonyl (C=O) groups excluding carboxylic acids is 3. The summed E-state index contributed by atoms with van der Waals surface area (Å²) in [6, 6.07) is 0. The first-order chi connectivity index (χ1) is 9.42. The van der Waals surface area contributed by atoms with Crippen molar-refractivity contribution in [2.45, 2.75) is 44.3 Å². The second kappa shape index (κ2) is 5.88. The molecule has 20 heavy (non-hydrogen) atoms. The number of ether oxygens (including phenoxy) is 1. The molecule has 2 rings (SSSR count). The first-order valence-electron chi connectivity index (χ1n) is 6.86. The van der Waals surface area contributed by atoms with Gasteiger partial charge in [-0.05, 0) is 6.92 Å². The molecule has 7 heteroatoms. The minimum absolute atomic E-state index is 0.0583. The lowest BCUT2D eigenvalue weighted by Gasteiger charge is -2.26. The van der Waals surface area contributed by atoms with E-state index < -0.39 is 5.60 Å². The molecule has 112 valence electrons. The van der Waals surface area contributed by atoms with Crippen molar-refractivity contribution in [2.24, 2.45) is 0 Å². The molecular formula is C13H20N2O5. The van der Waals surface area contributed by atoms with E-state index in [1.54, 1.807) is 6.92 Å². The number of nitrogens with one attached hydrogen (secondary N) is 1. The third-order valence-corrected chi connectivity index (χ3v) is 3.97. The minimum Gasteiger partial charge on any atom is -0.385 e. The predicted molar refractivity (Wildman–Crippen MR) is 68.6 cm³/mol. The molecule has 2 N–H and O–H groups in total. The normalized spacial score (nSPS) is 30.1. The zero-order valence-corrected chi connectivity index (χ0v) is 11.6. The first kappa shape index (κ1) is 14.9. The molecule has 2 heterocycles. The van der Waals surface area contributed by atoms with Gasteiger partial charge in [0.05, 0.1) is 6.10 Å². The molecular weight excluding hydrogens is 264 g/mol. The Hall–Kier alpha value is -1.47. The average molecular weight is 284 g/mol. The van der Waals surface area contributed by atoms with Crippen LogP contribution in [0.2, 0.25) is 0 Å². The molecule has 0 aliphatic carbocycles. The summed E-state index contributed by atoms with van der Waals surface area (Å²) >= 11 is 0. The predicted octanol–water partition coefficient (Wildman–Crippen LogP) is -0.818. The van der Waals surface area contributed by atoms with Crippen molar-refractivity contribution in [3.05, 3.63) is 0 Å². The summed E-state index contributed by atoms with van der Waals surface area (Å²) in [5.74, 6) is -0.733. The summed E-state index contributed by atoms with van der Waals surface area (Å²) in [4.78, 5) is 35.6. The van der Waals surface area contributed by atoms with Crippen molar-refractivity contribution in [1.82, 2.24) is 10.2 Å². The fraction of sp³-hybridized carbons (Fsp3) is 0.769. The highest BCUT2D eigenvalue weighted by atomic mass is 16.5. The van der Waals surface area contributed by atoms with E-state index in [-0.39, 0.29) is 56.2 Å². The molecule has 0 radical (unpaired) electrons. The van der Waals surface area contributed by atoms with Crippen LogP contribution in [-0.4, -0.2) is 59.1 Å². The number of carbonyl (C=O) groups is 3. The Balaban J connectivity index is 1.73. The van der Waals surface area contributed by atoms with Gasteiger partial charge in [-0.1, -0.05) is 0 Å². The minimum atomic E-state index is -1.03. The maximum Gasteiger partial charge on any atom is 0.229 e. The van der Waals surface area contributed by atoms with Crippen molar-refractivity contribution in [3.8, 4) is 0 Å². The van der Waals surface area contributed by atoms with E-state index in [2.05, 4.69) is 5.32 Å². The van der Waals surface area contributed by atoms with Crippen LogP contribution in [0.3, 0.4) is 0 Å². The van der Waals surface area contributed by atoms with Gasteiger partial charge in [0, 0.05) is 45.4 Å². The maximum absolute atomic E-state index is 11.7. The lowest BCUT2D eigenvalue weighted by molar-refractivity contribution is -0.138. The van der Waals surface area contributed by atoms with Crippen molar-refractivity contribution in [2.75, 3.05) is 19.7 Å². The van der Waals surface area contributed by atoms with E-state index in [1.807, 2.05) is 0 Å².